The fourth-order valence-electron chi connectivity index (χ4n) is 3.92. The summed E-state index contributed by atoms with van der Waals surface area (Å²) in [6, 6.07) is 11.6. The third-order valence-electron chi connectivity index (χ3n) is 6.14. The van der Waals surface area contributed by atoms with Gasteiger partial charge in [0.2, 0.25) is 17.7 Å². The summed E-state index contributed by atoms with van der Waals surface area (Å²) in [5.74, 6) is -1.35. The highest BCUT2D eigenvalue weighted by Gasteiger charge is 2.34. The van der Waals surface area contributed by atoms with Crippen LogP contribution in [0.3, 0.4) is 0 Å². The van der Waals surface area contributed by atoms with Gasteiger partial charge in [-0.25, -0.2) is 9.79 Å². The minimum absolute atomic E-state index is 0.0882. The standard InChI is InChI=1S/C26H28N6O5S/c1-13-5-8-16(11-14(13)2)27-19(33)12-18-22(34)31-26(38-18)28-21(15-6-9-17(10-7-15)32(3)4)20-23(35)29-25(37)30-24(20)36/h5-11,18,21H,12H2,1-4H3,(H,27,33)(H,28,31,34)(H3,29,30,35,36,37)/t18-,21-/m0/s1. The van der Waals surface area contributed by atoms with E-state index in [9.17, 15) is 24.3 Å². The van der Waals surface area contributed by atoms with E-state index in [1.54, 1.807) is 18.2 Å². The molecule has 38 heavy (non-hydrogen) atoms. The summed E-state index contributed by atoms with van der Waals surface area (Å²) in [6.45, 7) is 3.93. The van der Waals surface area contributed by atoms with Crippen molar-refractivity contribution in [3.05, 3.63) is 85.6 Å². The van der Waals surface area contributed by atoms with E-state index >= 15 is 0 Å². The molecule has 5 N–H and O–H groups in total. The van der Waals surface area contributed by atoms with E-state index in [1.165, 1.54) is 0 Å². The highest BCUT2D eigenvalue weighted by molar-refractivity contribution is 8.15. The number of hydrogen-bond donors (Lipinski definition) is 5. The zero-order chi connectivity index (χ0) is 27.6. The predicted molar refractivity (Wildman–Crippen MR) is 148 cm³/mol. The van der Waals surface area contributed by atoms with Crippen LogP contribution in [-0.2, 0) is 9.59 Å². The number of benzene rings is 2. The lowest BCUT2D eigenvalue weighted by atomic mass is 10.0. The number of carbonyl (C=O) groups excluding carboxylic acids is 2. The molecule has 1 aromatic heterocycles. The second kappa shape index (κ2) is 11.0. The smallest absolute Gasteiger partial charge is 0.328 e. The third-order valence-corrected chi connectivity index (χ3v) is 7.24. The van der Waals surface area contributed by atoms with Crippen molar-refractivity contribution in [2.24, 2.45) is 4.99 Å². The number of amidine groups is 1. The van der Waals surface area contributed by atoms with Crippen LogP contribution in [0.2, 0.25) is 0 Å². The van der Waals surface area contributed by atoms with Gasteiger partial charge in [0.1, 0.15) is 16.9 Å². The third kappa shape index (κ3) is 5.97. The molecule has 0 aliphatic carbocycles. The van der Waals surface area contributed by atoms with E-state index in [0.29, 0.717) is 11.3 Å². The Labute approximate surface area is 222 Å². The summed E-state index contributed by atoms with van der Waals surface area (Å²) in [4.78, 5) is 60.3. The number of aryl methyl sites for hydroxylation is 2. The Morgan fingerprint density at radius 1 is 1.08 bits per heavy atom. The number of aromatic nitrogens is 2. The van der Waals surface area contributed by atoms with E-state index in [1.807, 2.05) is 57.1 Å². The summed E-state index contributed by atoms with van der Waals surface area (Å²) < 4.78 is 0. The van der Waals surface area contributed by atoms with Gasteiger partial charge in [-0.05, 0) is 54.8 Å². The van der Waals surface area contributed by atoms with Crippen molar-refractivity contribution in [3.63, 3.8) is 0 Å². The molecule has 0 bridgehead atoms. The molecule has 0 saturated carbocycles. The van der Waals surface area contributed by atoms with Gasteiger partial charge in [0.25, 0.3) is 5.56 Å². The van der Waals surface area contributed by atoms with E-state index in [4.69, 9.17) is 0 Å². The lowest BCUT2D eigenvalue weighted by molar-refractivity contribution is -0.122. The van der Waals surface area contributed by atoms with Crippen LogP contribution in [0, 0.1) is 13.8 Å². The zero-order valence-corrected chi connectivity index (χ0v) is 22.1. The first-order valence-corrected chi connectivity index (χ1v) is 12.6. The van der Waals surface area contributed by atoms with Gasteiger partial charge in [0.15, 0.2) is 5.17 Å². The number of nitrogens with zero attached hydrogens (tertiary/aromatic N) is 2. The largest absolute Gasteiger partial charge is 0.494 e. The molecule has 11 nitrogen and oxygen atoms in total. The Morgan fingerprint density at radius 3 is 2.42 bits per heavy atom. The number of H-pyrrole nitrogens is 2. The summed E-state index contributed by atoms with van der Waals surface area (Å²) in [5.41, 5.74) is 2.38. The number of hydrogen-bond acceptors (Lipinski definition) is 8. The van der Waals surface area contributed by atoms with Crippen LogP contribution < -0.4 is 26.8 Å². The number of aromatic amines is 2. The SMILES string of the molecule is Cc1ccc(NC(=O)C[C@@H]2SC(=N[C@@H](c3ccc(N(C)C)cc3)c3c(O)[nH]c(=O)[nH]c3=O)NC2=O)cc1C. The lowest BCUT2D eigenvalue weighted by Crippen LogP contribution is -2.29. The van der Waals surface area contributed by atoms with Crippen molar-refractivity contribution >= 4 is 40.1 Å². The number of rotatable bonds is 7. The van der Waals surface area contributed by atoms with Gasteiger partial charge in [-0.2, -0.15) is 0 Å². The molecule has 2 amide bonds. The maximum atomic E-state index is 12.7. The molecule has 2 aromatic carbocycles. The average Bonchev–Trinajstić information content (AvgIpc) is 3.18. The maximum Gasteiger partial charge on any atom is 0.328 e. The molecule has 1 aliphatic heterocycles. The van der Waals surface area contributed by atoms with Crippen LogP contribution in [0.1, 0.15) is 34.7 Å². The summed E-state index contributed by atoms with van der Waals surface area (Å²) in [6.07, 6.45) is -0.0882. The molecular formula is C26H28N6O5S. The molecular weight excluding hydrogens is 508 g/mol. The number of thioether (sulfide) groups is 1. The first-order valence-electron chi connectivity index (χ1n) is 11.8. The Balaban J connectivity index is 1.59. The topological polar surface area (TPSA) is 160 Å². The van der Waals surface area contributed by atoms with Gasteiger partial charge in [-0.1, -0.05) is 30.0 Å². The van der Waals surface area contributed by atoms with Crippen molar-refractivity contribution < 1.29 is 14.7 Å². The number of anilines is 2. The molecule has 3 aromatic rings. The van der Waals surface area contributed by atoms with Gasteiger partial charge in [-0.3, -0.25) is 24.4 Å². The van der Waals surface area contributed by atoms with Crippen LogP contribution in [-0.4, -0.2) is 51.4 Å². The number of carbonyl (C=O) groups is 2. The Kier molecular flexibility index (Phi) is 7.72. The van der Waals surface area contributed by atoms with Crippen molar-refractivity contribution in [1.29, 1.82) is 0 Å². The van der Waals surface area contributed by atoms with Crippen LogP contribution in [0.25, 0.3) is 0 Å². The van der Waals surface area contributed by atoms with Crippen LogP contribution >= 0.6 is 11.8 Å². The van der Waals surface area contributed by atoms with Gasteiger partial charge in [0.05, 0.1) is 0 Å². The maximum absolute atomic E-state index is 12.7. The number of amides is 2. The molecule has 0 radical (unpaired) electrons. The van der Waals surface area contributed by atoms with Crippen molar-refractivity contribution in [2.75, 3.05) is 24.3 Å². The quantitative estimate of drug-likeness (QED) is 0.309. The van der Waals surface area contributed by atoms with Crippen LogP contribution in [0.5, 0.6) is 5.88 Å². The lowest BCUT2D eigenvalue weighted by Gasteiger charge is -2.17. The summed E-state index contributed by atoms with van der Waals surface area (Å²) >= 11 is 1.06. The molecule has 198 valence electrons. The first-order chi connectivity index (χ1) is 18.0. The van der Waals surface area contributed by atoms with E-state index < -0.39 is 34.3 Å². The normalized spacial score (nSPS) is 16.8. The fraction of sp³-hybridized carbons (Fsp3) is 0.269. The van der Waals surface area contributed by atoms with Crippen molar-refractivity contribution in [1.82, 2.24) is 15.3 Å². The highest BCUT2D eigenvalue weighted by Crippen LogP contribution is 2.32. The number of aliphatic imine (C=N–C) groups is 1. The highest BCUT2D eigenvalue weighted by atomic mass is 32.2. The van der Waals surface area contributed by atoms with E-state index in [2.05, 4.69) is 25.6 Å². The molecule has 12 heteroatoms. The van der Waals surface area contributed by atoms with Crippen LogP contribution in [0.15, 0.2) is 57.0 Å². The molecule has 1 fully saturated rings. The fourth-order valence-corrected chi connectivity index (χ4v) is 4.91. The van der Waals surface area contributed by atoms with Crippen molar-refractivity contribution in [3.8, 4) is 5.88 Å². The summed E-state index contributed by atoms with van der Waals surface area (Å²) in [5, 5.41) is 15.3. The predicted octanol–water partition coefficient (Wildman–Crippen LogP) is 2.16. The zero-order valence-electron chi connectivity index (χ0n) is 21.3. The molecule has 0 spiro atoms. The Bertz CT molecular complexity index is 1530. The Hall–Kier alpha value is -4.32. The van der Waals surface area contributed by atoms with Gasteiger partial charge >= 0.3 is 5.69 Å². The Morgan fingerprint density at radius 2 is 1.79 bits per heavy atom. The van der Waals surface area contributed by atoms with Gasteiger partial charge in [0, 0.05) is 31.9 Å². The molecule has 4 rings (SSSR count). The minimum Gasteiger partial charge on any atom is -0.494 e. The monoisotopic (exact) mass is 536 g/mol. The van der Waals surface area contributed by atoms with E-state index in [0.717, 1.165) is 28.6 Å². The molecule has 0 unspecified atom stereocenters. The van der Waals surface area contributed by atoms with Gasteiger partial charge < -0.3 is 20.6 Å². The molecule has 2 heterocycles. The summed E-state index contributed by atoms with van der Waals surface area (Å²) in [7, 11) is 3.76. The molecule has 1 aliphatic rings. The molecule has 1 saturated heterocycles. The van der Waals surface area contributed by atoms with E-state index in [-0.39, 0.29) is 23.1 Å². The second-order valence-corrected chi connectivity index (χ2v) is 10.3. The average molecular weight is 537 g/mol. The number of nitrogens with one attached hydrogen (secondary N) is 4. The minimum atomic E-state index is -1.04. The molecule has 2 atom stereocenters. The van der Waals surface area contributed by atoms with Crippen molar-refractivity contribution in [2.45, 2.75) is 31.6 Å². The van der Waals surface area contributed by atoms with Gasteiger partial charge in [-0.15, -0.1) is 0 Å². The second-order valence-electron chi connectivity index (χ2n) is 9.14. The first kappa shape index (κ1) is 26.7. The number of aromatic hydroxyl groups is 1. The van der Waals surface area contributed by atoms with Crippen LogP contribution in [0.4, 0.5) is 11.4 Å².